The fraction of sp³-hybridized carbons (Fsp3) is 0.211. The number of carbonyl (C=O) groups excluding carboxylic acids is 1. The Balaban J connectivity index is 1.65. The SMILES string of the molecule is COc1ccc(/C(C)=N/N=C2NC(=O)C(Cc3ccc(Cl)cc3)S2)cc1. The molecule has 1 heterocycles. The van der Waals surface area contributed by atoms with Crippen molar-refractivity contribution < 1.29 is 9.53 Å². The van der Waals surface area contributed by atoms with Gasteiger partial charge in [-0.2, -0.15) is 5.10 Å². The van der Waals surface area contributed by atoms with Crippen molar-refractivity contribution in [3.63, 3.8) is 0 Å². The highest BCUT2D eigenvalue weighted by Crippen LogP contribution is 2.24. The molecule has 1 fully saturated rings. The highest BCUT2D eigenvalue weighted by Gasteiger charge is 2.30. The van der Waals surface area contributed by atoms with Gasteiger partial charge in [0.05, 0.1) is 18.1 Å². The highest BCUT2D eigenvalue weighted by atomic mass is 35.5. The maximum atomic E-state index is 12.1. The minimum Gasteiger partial charge on any atom is -0.497 e. The summed E-state index contributed by atoms with van der Waals surface area (Å²) >= 11 is 7.28. The minimum atomic E-state index is -0.216. The number of hydrogen-bond donors (Lipinski definition) is 1. The van der Waals surface area contributed by atoms with Gasteiger partial charge >= 0.3 is 0 Å². The first-order valence-corrected chi connectivity index (χ1v) is 9.29. The molecule has 5 nitrogen and oxygen atoms in total. The maximum Gasteiger partial charge on any atom is 0.239 e. The van der Waals surface area contributed by atoms with Crippen LogP contribution in [0, 0.1) is 0 Å². The quantitative estimate of drug-likeness (QED) is 0.625. The van der Waals surface area contributed by atoms with Gasteiger partial charge < -0.3 is 10.1 Å². The van der Waals surface area contributed by atoms with Crippen LogP contribution in [0.2, 0.25) is 5.02 Å². The maximum absolute atomic E-state index is 12.1. The molecule has 0 aromatic heterocycles. The predicted octanol–water partition coefficient (Wildman–Crippen LogP) is 3.90. The molecule has 0 spiro atoms. The zero-order chi connectivity index (χ0) is 18.5. The van der Waals surface area contributed by atoms with E-state index in [4.69, 9.17) is 16.3 Å². The summed E-state index contributed by atoms with van der Waals surface area (Å²) in [5.74, 6) is 0.734. The van der Waals surface area contributed by atoms with Crippen LogP contribution in [0.15, 0.2) is 58.7 Å². The number of benzene rings is 2. The van der Waals surface area contributed by atoms with Gasteiger partial charge in [-0.15, -0.1) is 5.10 Å². The number of rotatable bonds is 5. The Morgan fingerprint density at radius 3 is 2.54 bits per heavy atom. The number of halogens is 1. The molecule has 0 aliphatic carbocycles. The summed E-state index contributed by atoms with van der Waals surface area (Å²) in [7, 11) is 1.63. The van der Waals surface area contributed by atoms with E-state index < -0.39 is 0 Å². The lowest BCUT2D eigenvalue weighted by atomic mass is 10.1. The van der Waals surface area contributed by atoms with E-state index in [-0.39, 0.29) is 11.2 Å². The van der Waals surface area contributed by atoms with Gasteiger partial charge in [-0.3, -0.25) is 4.79 Å². The molecule has 26 heavy (non-hydrogen) atoms. The van der Waals surface area contributed by atoms with Gasteiger partial charge in [0, 0.05) is 5.02 Å². The van der Waals surface area contributed by atoms with Crippen LogP contribution in [0.5, 0.6) is 5.75 Å². The van der Waals surface area contributed by atoms with E-state index >= 15 is 0 Å². The molecule has 1 unspecified atom stereocenters. The Kier molecular flexibility index (Phi) is 5.96. The van der Waals surface area contributed by atoms with Crippen molar-refractivity contribution in [2.24, 2.45) is 10.2 Å². The van der Waals surface area contributed by atoms with Crippen molar-refractivity contribution in [3.05, 3.63) is 64.7 Å². The number of hydrogen-bond acceptors (Lipinski definition) is 5. The Labute approximate surface area is 161 Å². The van der Waals surface area contributed by atoms with E-state index in [1.165, 1.54) is 11.8 Å². The summed E-state index contributed by atoms with van der Waals surface area (Å²) in [5.41, 5.74) is 2.76. The molecular formula is C19H18ClN3O2S. The standard InChI is InChI=1S/C19H18ClN3O2S/c1-12(14-5-9-16(25-2)10-6-14)22-23-19-21-18(24)17(26-19)11-13-3-7-15(20)8-4-13/h3-10,17H,11H2,1-2H3,(H,21,23,24)/b22-12+. The summed E-state index contributed by atoms with van der Waals surface area (Å²) in [6.07, 6.45) is 0.619. The van der Waals surface area contributed by atoms with Crippen molar-refractivity contribution in [1.29, 1.82) is 0 Å². The average molecular weight is 388 g/mol. The van der Waals surface area contributed by atoms with Crippen molar-refractivity contribution in [2.45, 2.75) is 18.6 Å². The first-order valence-electron chi connectivity index (χ1n) is 8.04. The van der Waals surface area contributed by atoms with Gasteiger partial charge in [-0.05, 0) is 60.9 Å². The smallest absolute Gasteiger partial charge is 0.239 e. The Bertz CT molecular complexity index is 848. The van der Waals surface area contributed by atoms with Crippen molar-refractivity contribution in [3.8, 4) is 5.75 Å². The summed E-state index contributed by atoms with van der Waals surface area (Å²) in [6.45, 7) is 1.87. The van der Waals surface area contributed by atoms with E-state index in [1.54, 1.807) is 7.11 Å². The van der Waals surface area contributed by atoms with Crippen LogP contribution < -0.4 is 10.1 Å². The number of nitrogens with one attached hydrogen (secondary N) is 1. The van der Waals surface area contributed by atoms with Crippen LogP contribution in [0.25, 0.3) is 0 Å². The number of methoxy groups -OCH3 is 1. The molecule has 1 aliphatic rings. The molecule has 0 bridgehead atoms. The number of thioether (sulfide) groups is 1. The predicted molar refractivity (Wildman–Crippen MR) is 107 cm³/mol. The fourth-order valence-corrected chi connectivity index (χ4v) is 3.52. The molecule has 134 valence electrons. The lowest BCUT2D eigenvalue weighted by molar-refractivity contribution is -0.118. The Morgan fingerprint density at radius 1 is 1.19 bits per heavy atom. The second kappa shape index (κ2) is 8.38. The number of ether oxygens (including phenoxy) is 1. The van der Waals surface area contributed by atoms with Gasteiger partial charge in [0.2, 0.25) is 5.91 Å². The summed E-state index contributed by atoms with van der Waals surface area (Å²) in [5, 5.41) is 12.2. The average Bonchev–Trinajstić information content (AvgIpc) is 3.01. The lowest BCUT2D eigenvalue weighted by Gasteiger charge is -2.05. The van der Waals surface area contributed by atoms with Crippen molar-refractivity contribution in [1.82, 2.24) is 5.32 Å². The van der Waals surface area contributed by atoms with E-state index in [9.17, 15) is 4.79 Å². The third-order valence-electron chi connectivity index (χ3n) is 3.91. The minimum absolute atomic E-state index is 0.0546. The molecule has 1 atom stereocenters. The fourth-order valence-electron chi connectivity index (χ4n) is 2.43. The molecule has 2 aromatic rings. The summed E-state index contributed by atoms with van der Waals surface area (Å²) in [6, 6.07) is 15.1. The zero-order valence-electron chi connectivity index (χ0n) is 14.4. The summed E-state index contributed by atoms with van der Waals surface area (Å²) in [4.78, 5) is 12.1. The zero-order valence-corrected chi connectivity index (χ0v) is 16.0. The Morgan fingerprint density at radius 2 is 1.88 bits per heavy atom. The molecule has 1 saturated heterocycles. The van der Waals surface area contributed by atoms with Crippen LogP contribution in [0.3, 0.4) is 0 Å². The topological polar surface area (TPSA) is 63.1 Å². The Hall–Kier alpha value is -2.31. The molecule has 1 aliphatic heterocycles. The molecule has 0 radical (unpaired) electrons. The second-order valence-corrected chi connectivity index (χ2v) is 7.37. The van der Waals surface area contributed by atoms with Crippen molar-refractivity contribution >= 4 is 40.1 Å². The highest BCUT2D eigenvalue weighted by molar-refractivity contribution is 8.15. The van der Waals surface area contributed by atoms with Gasteiger partial charge in [0.15, 0.2) is 5.17 Å². The van der Waals surface area contributed by atoms with Gasteiger partial charge in [0.1, 0.15) is 5.75 Å². The third kappa shape index (κ3) is 4.65. The second-order valence-electron chi connectivity index (χ2n) is 5.75. The van der Waals surface area contributed by atoms with E-state index in [0.717, 1.165) is 22.6 Å². The number of carbonyl (C=O) groups is 1. The van der Waals surface area contributed by atoms with Crippen molar-refractivity contribution in [2.75, 3.05) is 7.11 Å². The van der Waals surface area contributed by atoms with E-state index in [1.807, 2.05) is 55.5 Å². The first kappa shape index (κ1) is 18.5. The molecule has 1 amide bonds. The summed E-state index contributed by atoms with van der Waals surface area (Å²) < 4.78 is 5.14. The van der Waals surface area contributed by atoms with Gasteiger partial charge in [0.25, 0.3) is 0 Å². The van der Waals surface area contributed by atoms with E-state index in [0.29, 0.717) is 16.6 Å². The monoisotopic (exact) mass is 387 g/mol. The molecular weight excluding hydrogens is 370 g/mol. The number of amides is 1. The molecule has 7 heteroatoms. The van der Waals surface area contributed by atoms with E-state index in [2.05, 4.69) is 15.5 Å². The molecule has 0 saturated carbocycles. The first-order chi connectivity index (χ1) is 12.5. The van der Waals surface area contributed by atoms with Crippen LogP contribution >= 0.6 is 23.4 Å². The van der Waals surface area contributed by atoms with Crippen LogP contribution in [0.4, 0.5) is 0 Å². The lowest BCUT2D eigenvalue weighted by Crippen LogP contribution is -2.25. The van der Waals surface area contributed by atoms with Crippen LogP contribution in [0.1, 0.15) is 18.1 Å². The van der Waals surface area contributed by atoms with Gasteiger partial charge in [-0.25, -0.2) is 0 Å². The van der Waals surface area contributed by atoms with Crippen LogP contribution in [-0.4, -0.2) is 29.1 Å². The molecule has 1 N–H and O–H groups in total. The van der Waals surface area contributed by atoms with Crippen LogP contribution in [-0.2, 0) is 11.2 Å². The number of nitrogens with zero attached hydrogens (tertiary/aromatic N) is 2. The normalized spacial score (nSPS) is 18.9. The third-order valence-corrected chi connectivity index (χ3v) is 5.23. The largest absolute Gasteiger partial charge is 0.497 e. The van der Waals surface area contributed by atoms with Gasteiger partial charge in [-0.1, -0.05) is 35.5 Å². The molecule has 3 rings (SSSR count). The number of amidine groups is 1. The molecule has 2 aromatic carbocycles.